The first-order valence-corrected chi connectivity index (χ1v) is 10.9. The molecule has 0 aliphatic carbocycles. The van der Waals surface area contributed by atoms with Crippen LogP contribution in [-0.2, 0) is 0 Å². The largest absolute Gasteiger partial charge is 0.465 e. The maximum absolute atomic E-state index is 13.9. The highest BCUT2D eigenvalue weighted by atomic mass is 35.5. The molecule has 0 aliphatic rings. The van der Waals surface area contributed by atoms with E-state index in [1.54, 1.807) is 24.3 Å². The second-order valence-electron chi connectivity index (χ2n) is 7.67. The Morgan fingerprint density at radius 1 is 1.06 bits per heavy atom. The van der Waals surface area contributed by atoms with Gasteiger partial charge in [0.25, 0.3) is 5.56 Å². The van der Waals surface area contributed by atoms with Crippen LogP contribution in [0.4, 0.5) is 29.7 Å². The zero-order valence-corrected chi connectivity index (χ0v) is 19.3. The summed E-state index contributed by atoms with van der Waals surface area (Å²) in [4.78, 5) is 41.6. The van der Waals surface area contributed by atoms with Crippen LogP contribution >= 0.6 is 11.6 Å². The van der Waals surface area contributed by atoms with Crippen molar-refractivity contribution in [3.05, 3.63) is 93.5 Å². The number of carboxylic acid groups (broad SMARTS) is 1. The number of urea groups is 1. The zero-order chi connectivity index (χ0) is 26.0. The van der Waals surface area contributed by atoms with Crippen LogP contribution in [0.15, 0.2) is 65.5 Å². The van der Waals surface area contributed by atoms with Crippen molar-refractivity contribution in [1.82, 2.24) is 14.9 Å². The Kier molecular flexibility index (Phi) is 6.84. The lowest BCUT2D eigenvalue weighted by atomic mass is 10.2. The van der Waals surface area contributed by atoms with Gasteiger partial charge in [-0.05, 0) is 49.4 Å². The van der Waals surface area contributed by atoms with Crippen LogP contribution in [0, 0.1) is 11.6 Å². The van der Waals surface area contributed by atoms with E-state index < -0.39 is 35.4 Å². The van der Waals surface area contributed by atoms with Gasteiger partial charge in [-0.1, -0.05) is 23.7 Å². The van der Waals surface area contributed by atoms with E-state index in [1.165, 1.54) is 29.7 Å². The van der Waals surface area contributed by atoms with E-state index >= 15 is 0 Å². The summed E-state index contributed by atoms with van der Waals surface area (Å²) >= 11 is 6.26. The van der Waals surface area contributed by atoms with E-state index in [0.29, 0.717) is 6.07 Å². The van der Waals surface area contributed by atoms with Crippen molar-refractivity contribution in [2.45, 2.75) is 13.0 Å². The number of anilines is 2. The van der Waals surface area contributed by atoms with E-state index in [2.05, 4.69) is 20.9 Å². The number of nitrogens with zero attached hydrogens (tertiary/aromatic N) is 2. The minimum Gasteiger partial charge on any atom is -0.465 e. The molecule has 1 unspecified atom stereocenters. The molecule has 0 fully saturated rings. The number of halogens is 3. The standard InChI is InChI=1S/C24H18ClF2N5O4/c1-12(28-24(35)36)21-30-19-7-3-6-16(25)20(19)22(33)32(21)15-5-2-4-14(11-15)29-23(34)31-18-9-8-13(26)10-17(18)27/h2-12,28H,1H3,(H,35,36)(H2,29,31,34). The Bertz CT molecular complexity index is 1560. The highest BCUT2D eigenvalue weighted by molar-refractivity contribution is 6.35. The Labute approximate surface area is 207 Å². The Morgan fingerprint density at radius 2 is 1.81 bits per heavy atom. The third kappa shape index (κ3) is 5.10. The number of carbonyl (C=O) groups excluding carboxylic acids is 1. The van der Waals surface area contributed by atoms with Crippen molar-refractivity contribution < 1.29 is 23.5 Å². The van der Waals surface area contributed by atoms with Gasteiger partial charge in [-0.2, -0.15) is 0 Å². The van der Waals surface area contributed by atoms with Crippen molar-refractivity contribution in [2.24, 2.45) is 0 Å². The maximum atomic E-state index is 13.9. The number of aromatic nitrogens is 2. The Hall–Kier alpha value is -4.51. The molecular weight excluding hydrogens is 496 g/mol. The molecule has 12 heteroatoms. The van der Waals surface area contributed by atoms with Gasteiger partial charge in [0.05, 0.1) is 33.3 Å². The Morgan fingerprint density at radius 3 is 2.53 bits per heavy atom. The number of hydrogen-bond donors (Lipinski definition) is 4. The number of carbonyl (C=O) groups is 2. The fraction of sp³-hybridized carbons (Fsp3) is 0.0833. The molecule has 0 radical (unpaired) electrons. The number of rotatable bonds is 5. The van der Waals surface area contributed by atoms with E-state index in [-0.39, 0.29) is 38.8 Å². The van der Waals surface area contributed by atoms with E-state index in [0.717, 1.165) is 12.1 Å². The molecule has 0 bridgehead atoms. The van der Waals surface area contributed by atoms with Gasteiger partial charge in [0.15, 0.2) is 0 Å². The molecule has 4 aromatic rings. The van der Waals surface area contributed by atoms with Gasteiger partial charge < -0.3 is 21.1 Å². The molecule has 1 aromatic heterocycles. The highest BCUT2D eigenvalue weighted by Crippen LogP contribution is 2.24. The molecule has 0 saturated heterocycles. The second kappa shape index (κ2) is 10.0. The molecule has 3 amide bonds. The van der Waals surface area contributed by atoms with Crippen molar-refractivity contribution in [1.29, 1.82) is 0 Å². The molecule has 0 spiro atoms. The number of nitrogens with one attached hydrogen (secondary N) is 3. The molecular formula is C24H18ClF2N5O4. The predicted octanol–water partition coefficient (Wildman–Crippen LogP) is 5.29. The fourth-order valence-electron chi connectivity index (χ4n) is 3.59. The number of benzene rings is 3. The third-order valence-corrected chi connectivity index (χ3v) is 5.46. The van der Waals surface area contributed by atoms with Crippen molar-refractivity contribution in [3.8, 4) is 5.69 Å². The SMILES string of the molecule is CC(NC(=O)O)c1nc2cccc(Cl)c2c(=O)n1-c1cccc(NC(=O)Nc2ccc(F)cc2F)c1. The van der Waals surface area contributed by atoms with Gasteiger partial charge in [-0.3, -0.25) is 9.36 Å². The average Bonchev–Trinajstić information content (AvgIpc) is 2.80. The van der Waals surface area contributed by atoms with E-state index in [4.69, 9.17) is 11.6 Å². The van der Waals surface area contributed by atoms with Crippen LogP contribution in [0.3, 0.4) is 0 Å². The number of amides is 3. The van der Waals surface area contributed by atoms with E-state index in [9.17, 15) is 28.3 Å². The van der Waals surface area contributed by atoms with Gasteiger partial charge in [-0.15, -0.1) is 0 Å². The van der Waals surface area contributed by atoms with Gasteiger partial charge in [0.2, 0.25) is 0 Å². The summed E-state index contributed by atoms with van der Waals surface area (Å²) < 4.78 is 28.2. The summed E-state index contributed by atoms with van der Waals surface area (Å²) in [6.07, 6.45) is -1.31. The lowest BCUT2D eigenvalue weighted by Crippen LogP contribution is -2.32. The van der Waals surface area contributed by atoms with Crippen LogP contribution in [0.1, 0.15) is 18.8 Å². The Balaban J connectivity index is 1.74. The molecule has 184 valence electrons. The lowest BCUT2D eigenvalue weighted by Gasteiger charge is -2.19. The molecule has 1 heterocycles. The molecule has 0 saturated carbocycles. The van der Waals surface area contributed by atoms with Crippen molar-refractivity contribution >= 4 is 46.0 Å². The number of hydrogen-bond acceptors (Lipinski definition) is 4. The van der Waals surface area contributed by atoms with Gasteiger partial charge in [-0.25, -0.2) is 23.4 Å². The third-order valence-electron chi connectivity index (χ3n) is 5.14. The van der Waals surface area contributed by atoms with Crippen LogP contribution < -0.4 is 21.5 Å². The number of fused-ring (bicyclic) bond motifs is 1. The quantitative estimate of drug-likeness (QED) is 0.288. The normalized spacial score (nSPS) is 11.7. The van der Waals surface area contributed by atoms with Crippen LogP contribution in [-0.4, -0.2) is 26.8 Å². The van der Waals surface area contributed by atoms with Crippen LogP contribution in [0.5, 0.6) is 0 Å². The molecule has 3 aromatic carbocycles. The summed E-state index contributed by atoms with van der Waals surface area (Å²) in [6.45, 7) is 1.52. The summed E-state index contributed by atoms with van der Waals surface area (Å²) in [6, 6.07) is 11.8. The topological polar surface area (TPSA) is 125 Å². The molecule has 4 N–H and O–H groups in total. The van der Waals surface area contributed by atoms with Crippen LogP contribution in [0.25, 0.3) is 16.6 Å². The first kappa shape index (κ1) is 24.6. The highest BCUT2D eigenvalue weighted by Gasteiger charge is 2.21. The molecule has 36 heavy (non-hydrogen) atoms. The van der Waals surface area contributed by atoms with Gasteiger partial charge >= 0.3 is 12.1 Å². The second-order valence-corrected chi connectivity index (χ2v) is 8.08. The molecule has 4 rings (SSSR count). The predicted molar refractivity (Wildman–Crippen MR) is 131 cm³/mol. The minimum atomic E-state index is -1.31. The average molecular weight is 514 g/mol. The molecule has 0 aliphatic heterocycles. The maximum Gasteiger partial charge on any atom is 0.405 e. The first-order chi connectivity index (χ1) is 17.1. The minimum absolute atomic E-state index is 0.0900. The monoisotopic (exact) mass is 513 g/mol. The van der Waals surface area contributed by atoms with Gasteiger partial charge in [0.1, 0.15) is 17.5 Å². The van der Waals surface area contributed by atoms with E-state index in [1.807, 2.05) is 0 Å². The summed E-state index contributed by atoms with van der Waals surface area (Å²) in [5.41, 5.74) is -0.00881. The summed E-state index contributed by atoms with van der Waals surface area (Å²) in [7, 11) is 0. The van der Waals surface area contributed by atoms with Crippen molar-refractivity contribution in [3.63, 3.8) is 0 Å². The smallest absolute Gasteiger partial charge is 0.405 e. The fourth-order valence-corrected chi connectivity index (χ4v) is 3.85. The summed E-state index contributed by atoms with van der Waals surface area (Å²) in [5.74, 6) is -1.65. The first-order valence-electron chi connectivity index (χ1n) is 10.5. The van der Waals surface area contributed by atoms with Crippen LogP contribution in [0.2, 0.25) is 5.02 Å². The van der Waals surface area contributed by atoms with Gasteiger partial charge in [0, 0.05) is 11.8 Å². The summed E-state index contributed by atoms with van der Waals surface area (Å²) in [5, 5.41) is 16.5. The molecule has 9 nitrogen and oxygen atoms in total. The molecule has 1 atom stereocenters. The zero-order valence-electron chi connectivity index (χ0n) is 18.6. The van der Waals surface area contributed by atoms with Crippen molar-refractivity contribution in [2.75, 3.05) is 10.6 Å². The lowest BCUT2D eigenvalue weighted by molar-refractivity contribution is 0.190.